The van der Waals surface area contributed by atoms with Crippen molar-refractivity contribution >= 4 is 0 Å². The van der Waals surface area contributed by atoms with Gasteiger partial charge in [0.2, 0.25) is 0 Å². The second-order valence-corrected chi connectivity index (χ2v) is 6.73. The average molecular weight is 226 g/mol. The monoisotopic (exact) mass is 226 g/mol. The molecule has 3 unspecified atom stereocenters. The summed E-state index contributed by atoms with van der Waals surface area (Å²) in [6.45, 7) is 11.8. The fourth-order valence-corrected chi connectivity index (χ4v) is 2.50. The van der Waals surface area contributed by atoms with Crippen molar-refractivity contribution in [2.75, 3.05) is 27.2 Å². The van der Waals surface area contributed by atoms with Gasteiger partial charge in [-0.15, -0.1) is 0 Å². The lowest BCUT2D eigenvalue weighted by Crippen LogP contribution is -2.40. The molecule has 1 rings (SSSR count). The lowest BCUT2D eigenvalue weighted by atomic mass is 9.85. The first-order chi connectivity index (χ1) is 7.34. The number of rotatable bonds is 6. The van der Waals surface area contributed by atoms with Gasteiger partial charge in [-0.25, -0.2) is 0 Å². The summed E-state index contributed by atoms with van der Waals surface area (Å²) in [5, 5.41) is 3.45. The summed E-state index contributed by atoms with van der Waals surface area (Å²) >= 11 is 0. The second kappa shape index (κ2) is 5.50. The summed E-state index contributed by atoms with van der Waals surface area (Å²) in [5.74, 6) is 1.96. The maximum Gasteiger partial charge on any atom is 0.0125 e. The molecule has 0 saturated heterocycles. The topological polar surface area (TPSA) is 15.3 Å². The van der Waals surface area contributed by atoms with Crippen LogP contribution < -0.4 is 5.32 Å². The van der Waals surface area contributed by atoms with Crippen LogP contribution in [0.5, 0.6) is 0 Å². The first kappa shape index (κ1) is 14.0. The fourth-order valence-electron chi connectivity index (χ4n) is 2.50. The van der Waals surface area contributed by atoms with Crippen LogP contribution in [0.2, 0.25) is 0 Å². The van der Waals surface area contributed by atoms with Crippen molar-refractivity contribution < 1.29 is 0 Å². The molecule has 0 spiro atoms. The van der Waals surface area contributed by atoms with Crippen LogP contribution in [0.15, 0.2) is 0 Å². The van der Waals surface area contributed by atoms with E-state index in [0.29, 0.717) is 11.5 Å². The van der Waals surface area contributed by atoms with E-state index in [-0.39, 0.29) is 0 Å². The first-order valence-electron chi connectivity index (χ1n) is 6.70. The Morgan fingerprint density at radius 2 is 1.94 bits per heavy atom. The Kier molecular flexibility index (Phi) is 4.81. The molecule has 16 heavy (non-hydrogen) atoms. The third-order valence-electron chi connectivity index (χ3n) is 4.02. The van der Waals surface area contributed by atoms with Crippen LogP contribution >= 0.6 is 0 Å². The van der Waals surface area contributed by atoms with E-state index in [1.54, 1.807) is 0 Å². The van der Waals surface area contributed by atoms with E-state index in [0.717, 1.165) is 11.8 Å². The molecule has 1 aliphatic carbocycles. The molecule has 0 radical (unpaired) electrons. The van der Waals surface area contributed by atoms with E-state index >= 15 is 0 Å². The normalized spacial score (nSPS) is 27.2. The second-order valence-electron chi connectivity index (χ2n) is 6.73. The number of nitrogens with one attached hydrogen (secondary N) is 1. The predicted molar refractivity (Wildman–Crippen MR) is 71.7 cm³/mol. The Morgan fingerprint density at radius 3 is 2.31 bits per heavy atom. The molecule has 0 aromatic carbocycles. The van der Waals surface area contributed by atoms with Gasteiger partial charge in [0.25, 0.3) is 0 Å². The Morgan fingerprint density at radius 1 is 1.38 bits per heavy atom. The van der Waals surface area contributed by atoms with Gasteiger partial charge in [0, 0.05) is 12.6 Å². The van der Waals surface area contributed by atoms with Gasteiger partial charge >= 0.3 is 0 Å². The van der Waals surface area contributed by atoms with Crippen molar-refractivity contribution in [1.29, 1.82) is 0 Å². The first-order valence-corrected chi connectivity index (χ1v) is 6.70. The lowest BCUT2D eigenvalue weighted by molar-refractivity contribution is 0.225. The van der Waals surface area contributed by atoms with Crippen LogP contribution in [-0.4, -0.2) is 38.1 Å². The van der Waals surface area contributed by atoms with E-state index in [4.69, 9.17) is 0 Å². The average Bonchev–Trinajstić information content (AvgIpc) is 2.80. The molecule has 0 aliphatic heterocycles. The van der Waals surface area contributed by atoms with Crippen LogP contribution in [0.3, 0.4) is 0 Å². The highest BCUT2D eigenvalue weighted by Gasteiger charge is 2.33. The highest BCUT2D eigenvalue weighted by molar-refractivity contribution is 4.85. The smallest absolute Gasteiger partial charge is 0.0125 e. The van der Waals surface area contributed by atoms with E-state index < -0.39 is 0 Å². The SMILES string of the molecule is CNC(CCN(C)CC1CC1C)C(C)(C)C. The summed E-state index contributed by atoms with van der Waals surface area (Å²) in [5.41, 5.74) is 0.364. The molecule has 1 fully saturated rings. The van der Waals surface area contributed by atoms with Crippen LogP contribution in [-0.2, 0) is 0 Å². The minimum Gasteiger partial charge on any atom is -0.316 e. The van der Waals surface area contributed by atoms with Crippen molar-refractivity contribution in [3.8, 4) is 0 Å². The molecule has 0 aromatic rings. The van der Waals surface area contributed by atoms with Crippen LogP contribution in [0, 0.1) is 17.3 Å². The Balaban J connectivity index is 2.21. The Hall–Kier alpha value is -0.0800. The minimum atomic E-state index is 0.364. The van der Waals surface area contributed by atoms with E-state index in [9.17, 15) is 0 Å². The molecule has 2 nitrogen and oxygen atoms in total. The Bertz CT molecular complexity index is 207. The van der Waals surface area contributed by atoms with Gasteiger partial charge in [-0.05, 0) is 50.7 Å². The lowest BCUT2D eigenvalue weighted by Gasteiger charge is -2.32. The van der Waals surface area contributed by atoms with E-state index in [2.05, 4.69) is 52.0 Å². The van der Waals surface area contributed by atoms with E-state index in [1.165, 1.54) is 25.9 Å². The summed E-state index contributed by atoms with van der Waals surface area (Å²) in [4.78, 5) is 2.50. The molecule has 0 heterocycles. The number of hydrogen-bond acceptors (Lipinski definition) is 2. The zero-order chi connectivity index (χ0) is 12.3. The van der Waals surface area contributed by atoms with Crippen LogP contribution in [0.1, 0.15) is 40.5 Å². The summed E-state index contributed by atoms with van der Waals surface area (Å²) < 4.78 is 0. The summed E-state index contributed by atoms with van der Waals surface area (Å²) in [7, 11) is 4.35. The standard InChI is InChI=1S/C14H30N2/c1-11-9-12(11)10-16(6)8-7-13(15-5)14(2,3)4/h11-13,15H,7-10H2,1-6H3. The molecule has 1 N–H and O–H groups in total. The molecule has 0 amide bonds. The van der Waals surface area contributed by atoms with Crippen molar-refractivity contribution in [1.82, 2.24) is 10.2 Å². The molecule has 3 atom stereocenters. The van der Waals surface area contributed by atoms with Crippen molar-refractivity contribution in [2.24, 2.45) is 17.3 Å². The third-order valence-corrected chi connectivity index (χ3v) is 4.02. The maximum absolute atomic E-state index is 3.45. The molecular formula is C14H30N2. The van der Waals surface area contributed by atoms with Crippen LogP contribution in [0.25, 0.3) is 0 Å². The van der Waals surface area contributed by atoms with Gasteiger partial charge < -0.3 is 10.2 Å². The van der Waals surface area contributed by atoms with Gasteiger partial charge in [0.1, 0.15) is 0 Å². The van der Waals surface area contributed by atoms with Gasteiger partial charge in [-0.3, -0.25) is 0 Å². The largest absolute Gasteiger partial charge is 0.316 e. The molecule has 2 heteroatoms. The van der Waals surface area contributed by atoms with Crippen molar-refractivity contribution in [3.05, 3.63) is 0 Å². The Labute approximate surface area is 102 Å². The van der Waals surface area contributed by atoms with Crippen LogP contribution in [0.4, 0.5) is 0 Å². The van der Waals surface area contributed by atoms with E-state index in [1.807, 2.05) is 0 Å². The molecular weight excluding hydrogens is 196 g/mol. The minimum absolute atomic E-state index is 0.364. The molecule has 96 valence electrons. The number of hydrogen-bond donors (Lipinski definition) is 1. The highest BCUT2D eigenvalue weighted by atomic mass is 15.1. The molecule has 0 bridgehead atoms. The third kappa shape index (κ3) is 4.42. The molecule has 0 aromatic heterocycles. The van der Waals surface area contributed by atoms with Crippen molar-refractivity contribution in [2.45, 2.75) is 46.6 Å². The molecule has 1 saturated carbocycles. The summed E-state index contributed by atoms with van der Waals surface area (Å²) in [6.07, 6.45) is 2.69. The fraction of sp³-hybridized carbons (Fsp3) is 1.00. The van der Waals surface area contributed by atoms with Crippen molar-refractivity contribution in [3.63, 3.8) is 0 Å². The van der Waals surface area contributed by atoms with Gasteiger partial charge in [-0.1, -0.05) is 27.7 Å². The zero-order valence-corrected chi connectivity index (χ0v) is 12.0. The quantitative estimate of drug-likeness (QED) is 0.749. The highest BCUT2D eigenvalue weighted by Crippen LogP contribution is 2.38. The molecule has 1 aliphatic rings. The van der Waals surface area contributed by atoms with Gasteiger partial charge in [0.05, 0.1) is 0 Å². The summed E-state index contributed by atoms with van der Waals surface area (Å²) in [6, 6.07) is 0.617. The zero-order valence-electron chi connectivity index (χ0n) is 12.0. The maximum atomic E-state index is 3.45. The van der Waals surface area contributed by atoms with Gasteiger partial charge in [0.15, 0.2) is 0 Å². The number of nitrogens with zero attached hydrogens (tertiary/aromatic N) is 1. The predicted octanol–water partition coefficient (Wildman–Crippen LogP) is 2.60. The van der Waals surface area contributed by atoms with Gasteiger partial charge in [-0.2, -0.15) is 0 Å².